The van der Waals surface area contributed by atoms with Crippen LogP contribution in [0.5, 0.6) is 5.75 Å². The Bertz CT molecular complexity index is 597. The lowest BCUT2D eigenvalue weighted by atomic mass is 10.1. The number of amides is 1. The van der Waals surface area contributed by atoms with Gasteiger partial charge in [0.15, 0.2) is 5.82 Å². The summed E-state index contributed by atoms with van der Waals surface area (Å²) in [6, 6.07) is 7.73. The lowest BCUT2D eigenvalue weighted by Gasteiger charge is -2.16. The molecule has 1 fully saturated rings. The summed E-state index contributed by atoms with van der Waals surface area (Å²) in [7, 11) is 1.63. The van der Waals surface area contributed by atoms with Crippen LogP contribution in [0, 0.1) is 0 Å². The van der Waals surface area contributed by atoms with Crippen molar-refractivity contribution >= 4 is 5.91 Å². The van der Waals surface area contributed by atoms with E-state index in [1.54, 1.807) is 7.11 Å². The molecule has 3 rings (SSSR count). The van der Waals surface area contributed by atoms with Crippen LogP contribution in [-0.4, -0.2) is 34.6 Å². The van der Waals surface area contributed by atoms with Gasteiger partial charge in [0.1, 0.15) is 5.75 Å². The molecule has 0 aliphatic carbocycles. The van der Waals surface area contributed by atoms with Gasteiger partial charge in [0.05, 0.1) is 7.11 Å². The van der Waals surface area contributed by atoms with Crippen molar-refractivity contribution in [2.45, 2.75) is 18.9 Å². The van der Waals surface area contributed by atoms with E-state index in [4.69, 9.17) is 9.26 Å². The maximum Gasteiger partial charge on any atom is 0.223 e. The van der Waals surface area contributed by atoms with E-state index in [0.29, 0.717) is 25.3 Å². The van der Waals surface area contributed by atoms with Crippen molar-refractivity contribution in [3.8, 4) is 5.75 Å². The van der Waals surface area contributed by atoms with E-state index < -0.39 is 0 Å². The quantitative estimate of drug-likeness (QED) is 0.846. The number of rotatable bonds is 4. The maximum atomic E-state index is 12.0. The molecule has 0 N–H and O–H groups in total. The first kappa shape index (κ1) is 12.7. The highest BCUT2D eigenvalue weighted by molar-refractivity contribution is 5.79. The molecule has 6 nitrogen and oxygen atoms in total. The van der Waals surface area contributed by atoms with Gasteiger partial charge in [-0.2, -0.15) is 4.98 Å². The molecule has 2 heterocycles. The summed E-state index contributed by atoms with van der Waals surface area (Å²) in [5, 5.41) is 3.82. The smallest absolute Gasteiger partial charge is 0.223 e. The highest BCUT2D eigenvalue weighted by Gasteiger charge is 2.33. The molecule has 104 valence electrons. The van der Waals surface area contributed by atoms with Crippen molar-refractivity contribution < 1.29 is 14.1 Å². The molecule has 0 bridgehead atoms. The first-order valence-electron chi connectivity index (χ1n) is 6.43. The van der Waals surface area contributed by atoms with Crippen molar-refractivity contribution in [3.63, 3.8) is 0 Å². The van der Waals surface area contributed by atoms with Crippen molar-refractivity contribution in [2.75, 3.05) is 13.7 Å². The predicted octanol–water partition coefficient (Wildman–Crippen LogP) is 1.59. The largest absolute Gasteiger partial charge is 0.497 e. The average Bonchev–Trinajstić information content (AvgIpc) is 3.10. The Kier molecular flexibility index (Phi) is 3.37. The number of nitrogens with zero attached hydrogens (tertiary/aromatic N) is 3. The second-order valence-electron chi connectivity index (χ2n) is 4.82. The molecule has 1 aliphatic heterocycles. The summed E-state index contributed by atoms with van der Waals surface area (Å²) in [6.45, 7) is 1.19. The minimum atomic E-state index is 0.0202. The van der Waals surface area contributed by atoms with Crippen LogP contribution in [0.1, 0.15) is 23.7 Å². The van der Waals surface area contributed by atoms with Gasteiger partial charge in [0.2, 0.25) is 12.3 Å². The zero-order valence-corrected chi connectivity index (χ0v) is 11.2. The minimum Gasteiger partial charge on any atom is -0.497 e. The fourth-order valence-electron chi connectivity index (χ4n) is 2.45. The molecule has 1 aliphatic rings. The second kappa shape index (κ2) is 5.32. The van der Waals surface area contributed by atoms with E-state index >= 15 is 0 Å². The zero-order valence-electron chi connectivity index (χ0n) is 11.2. The highest BCUT2D eigenvalue weighted by atomic mass is 16.5. The van der Waals surface area contributed by atoms with Crippen LogP contribution >= 0.6 is 0 Å². The first-order valence-corrected chi connectivity index (χ1v) is 6.43. The van der Waals surface area contributed by atoms with E-state index in [1.165, 1.54) is 6.39 Å². The number of hydrogen-bond donors (Lipinski definition) is 0. The van der Waals surface area contributed by atoms with Crippen LogP contribution in [0.25, 0.3) is 0 Å². The predicted molar refractivity (Wildman–Crippen MR) is 70.1 cm³/mol. The van der Waals surface area contributed by atoms with Crippen molar-refractivity contribution in [2.24, 2.45) is 0 Å². The first-order chi connectivity index (χ1) is 9.76. The number of benzene rings is 1. The molecule has 1 aromatic carbocycles. The molecule has 1 atom stereocenters. The summed E-state index contributed by atoms with van der Waals surface area (Å²) < 4.78 is 9.93. The van der Waals surface area contributed by atoms with Gasteiger partial charge in [0.25, 0.3) is 0 Å². The minimum absolute atomic E-state index is 0.0202. The molecular formula is C14H15N3O3. The fourth-order valence-corrected chi connectivity index (χ4v) is 2.45. The van der Waals surface area contributed by atoms with E-state index in [9.17, 15) is 4.79 Å². The van der Waals surface area contributed by atoms with Crippen LogP contribution in [-0.2, 0) is 11.3 Å². The fraction of sp³-hybridized carbons (Fsp3) is 0.357. The van der Waals surface area contributed by atoms with Gasteiger partial charge < -0.3 is 14.2 Å². The Morgan fingerprint density at radius 2 is 2.40 bits per heavy atom. The van der Waals surface area contributed by atoms with Crippen LogP contribution < -0.4 is 4.74 Å². The summed E-state index contributed by atoms with van der Waals surface area (Å²) in [5.41, 5.74) is 1.05. The molecule has 0 spiro atoms. The van der Waals surface area contributed by atoms with Gasteiger partial charge in [-0.3, -0.25) is 4.79 Å². The lowest BCUT2D eigenvalue weighted by molar-refractivity contribution is -0.128. The Hall–Kier alpha value is -2.37. The molecule has 6 heteroatoms. The number of hydrogen-bond acceptors (Lipinski definition) is 5. The normalized spacial score (nSPS) is 18.6. The van der Waals surface area contributed by atoms with Gasteiger partial charge in [-0.25, -0.2) is 0 Å². The van der Waals surface area contributed by atoms with Crippen LogP contribution in [0.4, 0.5) is 0 Å². The lowest BCUT2D eigenvalue weighted by Crippen LogP contribution is -2.24. The molecule has 0 radical (unpaired) electrons. The van der Waals surface area contributed by atoms with Gasteiger partial charge in [-0.15, -0.1) is 0 Å². The van der Waals surface area contributed by atoms with Crippen LogP contribution in [0.15, 0.2) is 35.2 Å². The number of ether oxygens (including phenoxy) is 1. The number of aromatic nitrogens is 2. The van der Waals surface area contributed by atoms with E-state index in [-0.39, 0.29) is 11.8 Å². The Morgan fingerprint density at radius 1 is 1.50 bits per heavy atom. The SMILES string of the molecule is COc1cccc(CN2CC(c3ncon3)CC2=O)c1. The molecular weight excluding hydrogens is 258 g/mol. The molecule has 20 heavy (non-hydrogen) atoms. The summed E-state index contributed by atoms with van der Waals surface area (Å²) in [4.78, 5) is 17.9. The van der Waals surface area contributed by atoms with Gasteiger partial charge in [-0.05, 0) is 17.7 Å². The van der Waals surface area contributed by atoms with Crippen LogP contribution in [0.3, 0.4) is 0 Å². The molecule has 0 saturated carbocycles. The van der Waals surface area contributed by atoms with Gasteiger partial charge >= 0.3 is 0 Å². The highest BCUT2D eigenvalue weighted by Crippen LogP contribution is 2.27. The molecule has 1 aromatic heterocycles. The zero-order chi connectivity index (χ0) is 13.9. The number of carbonyl (C=O) groups is 1. The Morgan fingerprint density at radius 3 is 3.15 bits per heavy atom. The van der Waals surface area contributed by atoms with Crippen molar-refractivity contribution in [1.82, 2.24) is 15.0 Å². The monoisotopic (exact) mass is 273 g/mol. The van der Waals surface area contributed by atoms with E-state index in [2.05, 4.69) is 10.1 Å². The molecule has 1 amide bonds. The third-order valence-electron chi connectivity index (χ3n) is 3.47. The topological polar surface area (TPSA) is 68.5 Å². The maximum absolute atomic E-state index is 12.0. The molecule has 1 unspecified atom stereocenters. The van der Waals surface area contributed by atoms with Crippen molar-refractivity contribution in [3.05, 3.63) is 42.0 Å². The standard InChI is InChI=1S/C14H15N3O3/c1-19-12-4-2-3-10(5-12)7-17-8-11(6-13(17)18)14-15-9-20-16-14/h2-5,9,11H,6-8H2,1H3. The second-order valence-corrected chi connectivity index (χ2v) is 4.82. The summed E-state index contributed by atoms with van der Waals surface area (Å²) in [5.74, 6) is 1.53. The Labute approximate surface area is 116 Å². The summed E-state index contributed by atoms with van der Waals surface area (Å²) in [6.07, 6.45) is 1.73. The molecule has 1 saturated heterocycles. The van der Waals surface area contributed by atoms with Gasteiger partial charge in [-0.1, -0.05) is 17.3 Å². The number of methoxy groups -OCH3 is 1. The van der Waals surface area contributed by atoms with Crippen molar-refractivity contribution in [1.29, 1.82) is 0 Å². The van der Waals surface area contributed by atoms with E-state index in [1.807, 2.05) is 29.2 Å². The average molecular weight is 273 g/mol. The van der Waals surface area contributed by atoms with Gasteiger partial charge in [0, 0.05) is 25.4 Å². The molecule has 2 aromatic rings. The Balaban J connectivity index is 1.70. The number of likely N-dealkylation sites (tertiary alicyclic amines) is 1. The summed E-state index contributed by atoms with van der Waals surface area (Å²) >= 11 is 0. The van der Waals surface area contributed by atoms with Crippen LogP contribution in [0.2, 0.25) is 0 Å². The number of carbonyl (C=O) groups excluding carboxylic acids is 1. The third kappa shape index (κ3) is 2.49. The van der Waals surface area contributed by atoms with E-state index in [0.717, 1.165) is 11.3 Å². The third-order valence-corrected chi connectivity index (χ3v) is 3.47.